The minimum Gasteiger partial charge on any atom is -0.366 e. The molecule has 6 heteroatoms. The minimum absolute atomic E-state index is 0.185. The number of morpholine rings is 1. The van der Waals surface area contributed by atoms with Gasteiger partial charge in [0.1, 0.15) is 6.10 Å². The van der Waals surface area contributed by atoms with E-state index in [0.29, 0.717) is 28.9 Å². The van der Waals surface area contributed by atoms with E-state index in [2.05, 4.69) is 10.6 Å². The number of nitrogens with one attached hydrogen (secondary N) is 2. The molecule has 1 fully saturated rings. The lowest BCUT2D eigenvalue weighted by atomic mass is 10.2. The van der Waals surface area contributed by atoms with Crippen molar-refractivity contribution >= 4 is 34.8 Å². The number of carbonyl (C=O) groups is 1. The number of hydrogen-bond acceptors (Lipinski definition) is 3. The first kappa shape index (κ1) is 12.6. The quantitative estimate of drug-likeness (QED) is 0.867. The normalized spacial score (nSPS) is 20.0. The van der Waals surface area contributed by atoms with Gasteiger partial charge >= 0.3 is 0 Å². The first-order valence-electron chi connectivity index (χ1n) is 5.25. The molecule has 0 saturated carbocycles. The lowest BCUT2D eigenvalue weighted by molar-refractivity contribution is -0.128. The Hall–Kier alpha value is -0.810. The standard InChI is InChI=1S/C11H12Cl2N2O2/c12-8-2-1-7(5-9(8)13)15-11(16)10-6-14-3-4-17-10/h1-2,5,10,14H,3-4,6H2,(H,15,16). The maximum absolute atomic E-state index is 11.8. The van der Waals surface area contributed by atoms with Gasteiger partial charge in [0.25, 0.3) is 5.91 Å². The van der Waals surface area contributed by atoms with Gasteiger partial charge in [-0.1, -0.05) is 23.2 Å². The summed E-state index contributed by atoms with van der Waals surface area (Å²) in [6, 6.07) is 4.94. The molecule has 1 atom stereocenters. The number of amides is 1. The Bertz CT molecular complexity index is 420. The zero-order valence-electron chi connectivity index (χ0n) is 9.00. The third-order valence-corrected chi connectivity index (χ3v) is 3.15. The Labute approximate surface area is 109 Å². The van der Waals surface area contributed by atoms with Crippen molar-refractivity contribution in [2.45, 2.75) is 6.10 Å². The predicted octanol–water partition coefficient (Wildman–Crippen LogP) is 1.92. The van der Waals surface area contributed by atoms with Crippen LogP contribution in [-0.4, -0.2) is 31.7 Å². The van der Waals surface area contributed by atoms with Gasteiger partial charge in [-0.05, 0) is 18.2 Å². The summed E-state index contributed by atoms with van der Waals surface area (Å²) in [6.45, 7) is 1.84. The van der Waals surface area contributed by atoms with Crippen LogP contribution in [0.3, 0.4) is 0 Å². The summed E-state index contributed by atoms with van der Waals surface area (Å²) in [6.07, 6.45) is -0.460. The molecule has 92 valence electrons. The largest absolute Gasteiger partial charge is 0.366 e. The lowest BCUT2D eigenvalue weighted by Gasteiger charge is -2.22. The van der Waals surface area contributed by atoms with Gasteiger partial charge in [-0.3, -0.25) is 4.79 Å². The van der Waals surface area contributed by atoms with Crippen LogP contribution in [0.5, 0.6) is 0 Å². The van der Waals surface area contributed by atoms with E-state index in [1.807, 2.05) is 0 Å². The minimum atomic E-state index is -0.460. The van der Waals surface area contributed by atoms with Gasteiger partial charge < -0.3 is 15.4 Å². The summed E-state index contributed by atoms with van der Waals surface area (Å²) in [5, 5.41) is 6.69. The first-order valence-corrected chi connectivity index (χ1v) is 6.00. The summed E-state index contributed by atoms with van der Waals surface area (Å²) in [5.41, 5.74) is 0.610. The predicted molar refractivity (Wildman–Crippen MR) is 67.7 cm³/mol. The van der Waals surface area contributed by atoms with Crippen LogP contribution >= 0.6 is 23.2 Å². The molecule has 0 aliphatic carbocycles. The average Bonchev–Trinajstić information content (AvgIpc) is 2.35. The first-order chi connectivity index (χ1) is 8.16. The van der Waals surface area contributed by atoms with E-state index in [0.717, 1.165) is 6.54 Å². The van der Waals surface area contributed by atoms with Crippen molar-refractivity contribution in [2.24, 2.45) is 0 Å². The molecule has 0 aromatic heterocycles. The van der Waals surface area contributed by atoms with Crippen molar-refractivity contribution in [3.63, 3.8) is 0 Å². The molecule has 1 aromatic carbocycles. The summed E-state index contributed by atoms with van der Waals surface area (Å²) < 4.78 is 5.33. The topological polar surface area (TPSA) is 50.4 Å². The fraction of sp³-hybridized carbons (Fsp3) is 0.364. The molecule has 2 N–H and O–H groups in total. The van der Waals surface area contributed by atoms with Crippen LogP contribution in [0.1, 0.15) is 0 Å². The van der Waals surface area contributed by atoms with Gasteiger partial charge in [-0.2, -0.15) is 0 Å². The molecule has 0 spiro atoms. The van der Waals surface area contributed by atoms with E-state index < -0.39 is 6.10 Å². The molecule has 17 heavy (non-hydrogen) atoms. The van der Waals surface area contributed by atoms with Crippen LogP contribution < -0.4 is 10.6 Å². The average molecular weight is 275 g/mol. The number of ether oxygens (including phenoxy) is 1. The van der Waals surface area contributed by atoms with Crippen LogP contribution in [0.15, 0.2) is 18.2 Å². The van der Waals surface area contributed by atoms with E-state index >= 15 is 0 Å². The van der Waals surface area contributed by atoms with E-state index in [1.54, 1.807) is 18.2 Å². The Morgan fingerprint density at radius 2 is 2.24 bits per heavy atom. The highest BCUT2D eigenvalue weighted by Crippen LogP contribution is 2.25. The van der Waals surface area contributed by atoms with Gasteiger partial charge in [-0.15, -0.1) is 0 Å². The molecule has 4 nitrogen and oxygen atoms in total. The smallest absolute Gasteiger partial charge is 0.254 e. The third kappa shape index (κ3) is 3.33. The molecular formula is C11H12Cl2N2O2. The van der Waals surface area contributed by atoms with E-state index in [-0.39, 0.29) is 5.91 Å². The number of benzene rings is 1. The second-order valence-corrected chi connectivity index (χ2v) is 4.50. The van der Waals surface area contributed by atoms with E-state index in [1.165, 1.54) is 0 Å². The molecule has 1 aliphatic rings. The van der Waals surface area contributed by atoms with Crippen LogP contribution in [0.4, 0.5) is 5.69 Å². The van der Waals surface area contributed by atoms with Crippen LogP contribution in [0.25, 0.3) is 0 Å². The number of anilines is 1. The Balaban J connectivity index is 1.99. The van der Waals surface area contributed by atoms with Crippen molar-refractivity contribution in [3.8, 4) is 0 Å². The monoisotopic (exact) mass is 274 g/mol. The summed E-state index contributed by atoms with van der Waals surface area (Å²) in [4.78, 5) is 11.8. The maximum Gasteiger partial charge on any atom is 0.254 e. The zero-order valence-corrected chi connectivity index (χ0v) is 10.5. The van der Waals surface area contributed by atoms with Gasteiger partial charge in [0, 0.05) is 18.8 Å². The zero-order chi connectivity index (χ0) is 12.3. The van der Waals surface area contributed by atoms with Crippen molar-refractivity contribution in [2.75, 3.05) is 25.0 Å². The fourth-order valence-electron chi connectivity index (χ4n) is 1.53. The SMILES string of the molecule is O=C(Nc1ccc(Cl)c(Cl)c1)C1CNCCO1. The lowest BCUT2D eigenvalue weighted by Crippen LogP contribution is -2.45. The van der Waals surface area contributed by atoms with Gasteiger partial charge in [0.05, 0.1) is 16.7 Å². The summed E-state index contributed by atoms with van der Waals surface area (Å²) >= 11 is 11.6. The fourth-order valence-corrected chi connectivity index (χ4v) is 1.83. The van der Waals surface area contributed by atoms with Crippen molar-refractivity contribution in [3.05, 3.63) is 28.2 Å². The van der Waals surface area contributed by atoms with Crippen molar-refractivity contribution in [1.29, 1.82) is 0 Å². The molecule has 1 aliphatic heterocycles. The van der Waals surface area contributed by atoms with Crippen molar-refractivity contribution in [1.82, 2.24) is 5.32 Å². The van der Waals surface area contributed by atoms with E-state index in [9.17, 15) is 4.79 Å². The molecular weight excluding hydrogens is 263 g/mol. The van der Waals surface area contributed by atoms with Crippen LogP contribution in [-0.2, 0) is 9.53 Å². The Morgan fingerprint density at radius 1 is 1.41 bits per heavy atom. The molecule has 1 aromatic rings. The third-order valence-electron chi connectivity index (χ3n) is 2.41. The second kappa shape index (κ2) is 5.69. The molecule has 1 amide bonds. The van der Waals surface area contributed by atoms with Gasteiger partial charge in [0.2, 0.25) is 0 Å². The van der Waals surface area contributed by atoms with Gasteiger partial charge in [-0.25, -0.2) is 0 Å². The molecule has 1 saturated heterocycles. The molecule has 0 bridgehead atoms. The molecule has 2 rings (SSSR count). The number of carbonyl (C=O) groups excluding carboxylic acids is 1. The van der Waals surface area contributed by atoms with E-state index in [4.69, 9.17) is 27.9 Å². The summed E-state index contributed by atoms with van der Waals surface area (Å²) in [5.74, 6) is -0.185. The molecule has 1 heterocycles. The maximum atomic E-state index is 11.8. The highest BCUT2D eigenvalue weighted by Gasteiger charge is 2.21. The molecule has 0 radical (unpaired) electrons. The highest BCUT2D eigenvalue weighted by atomic mass is 35.5. The second-order valence-electron chi connectivity index (χ2n) is 3.68. The molecule has 1 unspecified atom stereocenters. The Kier molecular flexibility index (Phi) is 4.23. The Morgan fingerprint density at radius 3 is 2.88 bits per heavy atom. The van der Waals surface area contributed by atoms with Gasteiger partial charge in [0.15, 0.2) is 0 Å². The van der Waals surface area contributed by atoms with Crippen molar-refractivity contribution < 1.29 is 9.53 Å². The summed E-state index contributed by atoms with van der Waals surface area (Å²) in [7, 11) is 0. The number of rotatable bonds is 2. The van der Waals surface area contributed by atoms with Crippen LogP contribution in [0.2, 0.25) is 10.0 Å². The number of hydrogen-bond donors (Lipinski definition) is 2. The van der Waals surface area contributed by atoms with Crippen LogP contribution in [0, 0.1) is 0 Å². The highest BCUT2D eigenvalue weighted by molar-refractivity contribution is 6.42. The number of halogens is 2.